The van der Waals surface area contributed by atoms with Crippen molar-refractivity contribution in [3.63, 3.8) is 0 Å². The maximum absolute atomic E-state index is 11.5. The number of ether oxygens (including phenoxy) is 3. The number of rotatable bonds is 15. The van der Waals surface area contributed by atoms with Crippen molar-refractivity contribution in [3.8, 4) is 0 Å². The van der Waals surface area contributed by atoms with Gasteiger partial charge in [-0.25, -0.2) is 14.4 Å². The zero-order valence-electron chi connectivity index (χ0n) is 16.9. The lowest BCUT2D eigenvalue weighted by Crippen LogP contribution is -2.37. The van der Waals surface area contributed by atoms with Gasteiger partial charge in [0.15, 0.2) is 0 Å². The highest BCUT2D eigenvalue weighted by atomic mass is 16.5. The number of hydrogen-bond acceptors (Lipinski definition) is 7. The second-order valence-electron chi connectivity index (χ2n) is 6.83. The Morgan fingerprint density at radius 3 is 1.71 bits per heavy atom. The summed E-state index contributed by atoms with van der Waals surface area (Å²) >= 11 is 0. The summed E-state index contributed by atoms with van der Waals surface area (Å²) in [4.78, 5) is 34.3. The molecule has 158 valence electrons. The van der Waals surface area contributed by atoms with E-state index in [-0.39, 0.29) is 38.3 Å². The predicted octanol–water partition coefficient (Wildman–Crippen LogP) is 2.60. The average Bonchev–Trinajstić information content (AvgIpc) is 2.70. The molecular formula is C21H32O7. The summed E-state index contributed by atoms with van der Waals surface area (Å²) in [6.45, 7) is 14.2. The van der Waals surface area contributed by atoms with Crippen LogP contribution in [0.15, 0.2) is 38.0 Å². The van der Waals surface area contributed by atoms with E-state index in [0.717, 1.165) is 18.2 Å². The average molecular weight is 396 g/mol. The highest BCUT2D eigenvalue weighted by molar-refractivity contribution is 5.81. The third-order valence-electron chi connectivity index (χ3n) is 4.78. The maximum atomic E-state index is 11.5. The van der Waals surface area contributed by atoms with E-state index in [1.807, 2.05) is 13.8 Å². The number of carbonyl (C=O) groups is 3. The highest BCUT2D eigenvalue weighted by Gasteiger charge is 2.38. The first-order chi connectivity index (χ1) is 13.2. The number of esters is 3. The molecule has 1 N–H and O–H groups in total. The Morgan fingerprint density at radius 1 is 0.893 bits per heavy atom. The van der Waals surface area contributed by atoms with Crippen LogP contribution in [-0.4, -0.2) is 49.4 Å². The molecule has 28 heavy (non-hydrogen) atoms. The van der Waals surface area contributed by atoms with E-state index >= 15 is 0 Å². The fourth-order valence-electron chi connectivity index (χ4n) is 3.05. The molecule has 0 aliphatic rings. The first kappa shape index (κ1) is 25.6. The van der Waals surface area contributed by atoms with Crippen molar-refractivity contribution in [2.24, 2.45) is 17.3 Å². The molecule has 0 amide bonds. The van der Waals surface area contributed by atoms with Crippen LogP contribution >= 0.6 is 0 Å². The molecular weight excluding hydrogens is 364 g/mol. The Balaban J connectivity index is 5.45. The Bertz CT molecular complexity index is 527. The van der Waals surface area contributed by atoms with E-state index in [9.17, 15) is 19.5 Å². The van der Waals surface area contributed by atoms with Crippen LogP contribution in [0, 0.1) is 17.3 Å². The Morgan fingerprint density at radius 2 is 1.32 bits per heavy atom. The number of aliphatic hydroxyl groups is 1. The molecule has 7 heteroatoms. The van der Waals surface area contributed by atoms with E-state index in [2.05, 4.69) is 19.7 Å². The van der Waals surface area contributed by atoms with Crippen LogP contribution in [0.4, 0.5) is 0 Å². The Kier molecular flexibility index (Phi) is 12.5. The summed E-state index contributed by atoms with van der Waals surface area (Å²) in [6.07, 6.45) is 4.69. The Labute approximate surface area is 167 Å². The van der Waals surface area contributed by atoms with E-state index in [1.54, 1.807) is 0 Å². The number of hydrogen-bond donors (Lipinski definition) is 1. The van der Waals surface area contributed by atoms with Gasteiger partial charge in [-0.2, -0.15) is 0 Å². The molecule has 0 aliphatic heterocycles. The van der Waals surface area contributed by atoms with Gasteiger partial charge < -0.3 is 19.3 Å². The van der Waals surface area contributed by atoms with Crippen molar-refractivity contribution in [1.29, 1.82) is 0 Å². The van der Waals surface area contributed by atoms with Crippen LogP contribution in [0.25, 0.3) is 0 Å². The van der Waals surface area contributed by atoms with Crippen LogP contribution in [-0.2, 0) is 28.6 Å². The van der Waals surface area contributed by atoms with Gasteiger partial charge in [-0.1, -0.05) is 33.6 Å². The minimum Gasteiger partial charge on any atom is -0.463 e. The molecule has 0 spiro atoms. The molecule has 0 aliphatic carbocycles. The van der Waals surface area contributed by atoms with Crippen LogP contribution in [0.2, 0.25) is 0 Å². The van der Waals surface area contributed by atoms with Gasteiger partial charge in [-0.05, 0) is 36.5 Å². The van der Waals surface area contributed by atoms with Gasteiger partial charge in [-0.15, -0.1) is 0 Å². The standard InChI is InChI=1S/C21H32O7/c1-6-18(23)26-11-9-21(13-16(4)14-22,10-12-27-19(24)7-2)17(5)15-28-20(25)8-3/h6-8,16-17,22H,1-3,9-15H2,4-5H3. The van der Waals surface area contributed by atoms with Gasteiger partial charge in [0.2, 0.25) is 0 Å². The Hall–Kier alpha value is -2.41. The quantitative estimate of drug-likeness (QED) is 0.258. The topological polar surface area (TPSA) is 99.1 Å². The minimum absolute atomic E-state index is 0.0280. The van der Waals surface area contributed by atoms with Crippen molar-refractivity contribution >= 4 is 17.9 Å². The molecule has 0 bridgehead atoms. The van der Waals surface area contributed by atoms with E-state index in [0.29, 0.717) is 19.3 Å². The van der Waals surface area contributed by atoms with Crippen molar-refractivity contribution in [2.75, 3.05) is 26.4 Å². The van der Waals surface area contributed by atoms with E-state index in [1.165, 1.54) is 0 Å². The number of carbonyl (C=O) groups excluding carboxylic acids is 3. The van der Waals surface area contributed by atoms with Gasteiger partial charge in [-0.3, -0.25) is 0 Å². The van der Waals surface area contributed by atoms with Gasteiger partial charge in [0.05, 0.1) is 19.8 Å². The zero-order valence-corrected chi connectivity index (χ0v) is 16.9. The summed E-state index contributed by atoms with van der Waals surface area (Å²) in [5.74, 6) is -1.81. The third-order valence-corrected chi connectivity index (χ3v) is 4.78. The van der Waals surface area contributed by atoms with Crippen LogP contribution in [0.3, 0.4) is 0 Å². The minimum atomic E-state index is -0.535. The summed E-state index contributed by atoms with van der Waals surface area (Å²) in [7, 11) is 0. The van der Waals surface area contributed by atoms with Crippen LogP contribution in [0.5, 0.6) is 0 Å². The van der Waals surface area contributed by atoms with E-state index < -0.39 is 23.3 Å². The fourth-order valence-corrected chi connectivity index (χ4v) is 3.05. The molecule has 0 aromatic carbocycles. The lowest BCUT2D eigenvalue weighted by molar-refractivity contribution is -0.142. The smallest absolute Gasteiger partial charge is 0.330 e. The first-order valence-electron chi connectivity index (χ1n) is 9.23. The fraction of sp³-hybridized carbons (Fsp3) is 0.571. The van der Waals surface area contributed by atoms with Crippen LogP contribution < -0.4 is 0 Å². The van der Waals surface area contributed by atoms with Crippen molar-refractivity contribution in [3.05, 3.63) is 38.0 Å². The SMILES string of the molecule is C=CC(=O)OCCC(CCOC(=O)C=C)(CC(C)CO)C(C)COC(=O)C=C. The summed E-state index contributed by atoms with van der Waals surface area (Å²) in [6, 6.07) is 0. The first-order valence-corrected chi connectivity index (χ1v) is 9.23. The summed E-state index contributed by atoms with van der Waals surface area (Å²) in [5, 5.41) is 9.54. The van der Waals surface area contributed by atoms with Gasteiger partial charge >= 0.3 is 17.9 Å². The van der Waals surface area contributed by atoms with Gasteiger partial charge in [0.25, 0.3) is 0 Å². The van der Waals surface area contributed by atoms with Crippen molar-refractivity contribution in [2.45, 2.75) is 33.1 Å². The second-order valence-corrected chi connectivity index (χ2v) is 6.83. The predicted molar refractivity (Wildman–Crippen MR) is 105 cm³/mol. The molecule has 2 unspecified atom stereocenters. The maximum Gasteiger partial charge on any atom is 0.330 e. The van der Waals surface area contributed by atoms with Gasteiger partial charge in [0, 0.05) is 24.8 Å². The molecule has 0 aromatic heterocycles. The van der Waals surface area contributed by atoms with E-state index in [4.69, 9.17) is 14.2 Å². The number of aliphatic hydroxyl groups excluding tert-OH is 1. The zero-order chi connectivity index (χ0) is 21.6. The molecule has 0 saturated heterocycles. The van der Waals surface area contributed by atoms with Gasteiger partial charge in [0.1, 0.15) is 0 Å². The molecule has 2 atom stereocenters. The van der Waals surface area contributed by atoms with Crippen molar-refractivity contribution < 1.29 is 33.7 Å². The lowest BCUT2D eigenvalue weighted by Gasteiger charge is -2.40. The lowest BCUT2D eigenvalue weighted by atomic mass is 9.67. The third kappa shape index (κ3) is 9.50. The highest BCUT2D eigenvalue weighted by Crippen LogP contribution is 2.42. The molecule has 0 heterocycles. The second kappa shape index (κ2) is 13.7. The largest absolute Gasteiger partial charge is 0.463 e. The summed E-state index contributed by atoms with van der Waals surface area (Å²) < 4.78 is 15.5. The molecule has 0 fully saturated rings. The molecule has 0 rings (SSSR count). The molecule has 0 radical (unpaired) electrons. The monoisotopic (exact) mass is 396 g/mol. The van der Waals surface area contributed by atoms with Crippen molar-refractivity contribution in [1.82, 2.24) is 0 Å². The normalized spacial score (nSPS) is 13.0. The molecule has 0 aromatic rings. The summed E-state index contributed by atoms with van der Waals surface area (Å²) in [5.41, 5.74) is -0.507. The molecule has 0 saturated carbocycles. The molecule has 7 nitrogen and oxygen atoms in total. The van der Waals surface area contributed by atoms with Crippen LogP contribution in [0.1, 0.15) is 33.1 Å².